The lowest BCUT2D eigenvalue weighted by Crippen LogP contribution is -2.59. The molecule has 6 nitrogen and oxygen atoms in total. The van der Waals surface area contributed by atoms with Gasteiger partial charge in [0, 0.05) is 20.0 Å². The maximum absolute atomic E-state index is 12.3. The average Bonchev–Trinajstić information content (AvgIpc) is 2.99. The van der Waals surface area contributed by atoms with Gasteiger partial charge in [0.1, 0.15) is 6.04 Å². The van der Waals surface area contributed by atoms with Gasteiger partial charge in [-0.15, -0.1) is 11.3 Å². The van der Waals surface area contributed by atoms with E-state index < -0.39 is 12.0 Å². The molecule has 20 heavy (non-hydrogen) atoms. The van der Waals surface area contributed by atoms with Gasteiger partial charge in [-0.25, -0.2) is 4.79 Å². The molecule has 0 bridgehead atoms. The van der Waals surface area contributed by atoms with Crippen LogP contribution in [0.2, 0.25) is 0 Å². The Hall–Kier alpha value is -1.89. The van der Waals surface area contributed by atoms with Crippen molar-refractivity contribution in [3.05, 3.63) is 22.4 Å². The van der Waals surface area contributed by atoms with Crippen LogP contribution in [0.1, 0.15) is 16.6 Å². The molecule has 108 valence electrons. The Bertz CT molecular complexity index is 514. The van der Waals surface area contributed by atoms with Crippen LogP contribution in [-0.2, 0) is 14.3 Å². The third kappa shape index (κ3) is 2.82. The highest BCUT2D eigenvalue weighted by Gasteiger charge is 2.36. The Morgan fingerprint density at radius 2 is 2.10 bits per heavy atom. The minimum absolute atomic E-state index is 0.114. The minimum Gasteiger partial charge on any atom is -0.467 e. The van der Waals surface area contributed by atoms with E-state index in [-0.39, 0.29) is 18.4 Å². The Balaban J connectivity index is 2.14. The summed E-state index contributed by atoms with van der Waals surface area (Å²) in [5.41, 5.74) is 0. The summed E-state index contributed by atoms with van der Waals surface area (Å²) in [6.07, 6.45) is 0. The second-order valence-corrected chi connectivity index (χ2v) is 5.43. The number of thiophene rings is 1. The Morgan fingerprint density at radius 3 is 2.65 bits per heavy atom. The van der Waals surface area contributed by atoms with E-state index in [1.165, 1.54) is 30.3 Å². The number of rotatable bonds is 2. The summed E-state index contributed by atoms with van der Waals surface area (Å²) in [6.45, 7) is 2.34. The summed E-state index contributed by atoms with van der Waals surface area (Å²) in [7, 11) is 1.28. The van der Waals surface area contributed by atoms with Crippen LogP contribution in [0.5, 0.6) is 0 Å². The van der Waals surface area contributed by atoms with Gasteiger partial charge in [-0.3, -0.25) is 9.59 Å². The maximum atomic E-state index is 12.3. The molecule has 1 fully saturated rings. The number of methoxy groups -OCH3 is 1. The average molecular weight is 296 g/mol. The van der Waals surface area contributed by atoms with Gasteiger partial charge in [0.15, 0.2) is 0 Å². The molecule has 2 amide bonds. The predicted octanol–water partition coefficient (Wildman–Crippen LogP) is 0.594. The van der Waals surface area contributed by atoms with Gasteiger partial charge < -0.3 is 14.5 Å². The minimum atomic E-state index is -0.727. The number of nitrogens with zero attached hydrogens (tertiary/aromatic N) is 2. The molecular weight excluding hydrogens is 280 g/mol. The number of hydrogen-bond acceptors (Lipinski definition) is 5. The molecule has 1 aliphatic rings. The van der Waals surface area contributed by atoms with Crippen LogP contribution in [0.4, 0.5) is 0 Å². The summed E-state index contributed by atoms with van der Waals surface area (Å²) in [5.74, 6) is -0.801. The lowest BCUT2D eigenvalue weighted by molar-refractivity contribution is -0.154. The summed E-state index contributed by atoms with van der Waals surface area (Å²) >= 11 is 1.36. The van der Waals surface area contributed by atoms with E-state index in [1.807, 2.05) is 11.4 Å². The van der Waals surface area contributed by atoms with Crippen molar-refractivity contribution >= 4 is 29.1 Å². The smallest absolute Gasteiger partial charge is 0.330 e. The lowest BCUT2D eigenvalue weighted by atomic mass is 10.1. The fourth-order valence-corrected chi connectivity index (χ4v) is 2.93. The number of carbonyl (C=O) groups is 3. The second-order valence-electron chi connectivity index (χ2n) is 4.48. The number of amides is 2. The molecule has 0 aromatic carbocycles. The number of esters is 1. The molecule has 0 spiro atoms. The highest BCUT2D eigenvalue weighted by molar-refractivity contribution is 7.12. The fourth-order valence-electron chi connectivity index (χ4n) is 2.24. The first-order valence-electron chi connectivity index (χ1n) is 6.22. The molecule has 1 aromatic rings. The van der Waals surface area contributed by atoms with Crippen LogP contribution in [0.25, 0.3) is 0 Å². The van der Waals surface area contributed by atoms with Crippen molar-refractivity contribution in [3.63, 3.8) is 0 Å². The van der Waals surface area contributed by atoms with Crippen molar-refractivity contribution in [2.75, 3.05) is 26.7 Å². The molecule has 0 unspecified atom stereocenters. The molecule has 0 N–H and O–H groups in total. The third-order valence-corrected chi connectivity index (χ3v) is 4.14. The Morgan fingerprint density at radius 1 is 1.35 bits per heavy atom. The molecule has 1 aromatic heterocycles. The first kappa shape index (κ1) is 14.5. The first-order chi connectivity index (χ1) is 9.54. The van der Waals surface area contributed by atoms with Gasteiger partial charge in [0.2, 0.25) is 5.91 Å². The van der Waals surface area contributed by atoms with Gasteiger partial charge in [0.25, 0.3) is 5.91 Å². The van der Waals surface area contributed by atoms with Crippen molar-refractivity contribution in [1.82, 2.24) is 9.80 Å². The fraction of sp³-hybridized carbons (Fsp3) is 0.462. The summed E-state index contributed by atoms with van der Waals surface area (Å²) in [6, 6.07) is 2.83. The van der Waals surface area contributed by atoms with E-state index >= 15 is 0 Å². The Labute approximate surface area is 120 Å². The van der Waals surface area contributed by atoms with E-state index in [0.717, 1.165) is 0 Å². The normalized spacial score (nSPS) is 18.8. The van der Waals surface area contributed by atoms with Crippen LogP contribution in [0, 0.1) is 0 Å². The molecule has 0 radical (unpaired) electrons. The molecule has 2 heterocycles. The van der Waals surface area contributed by atoms with Gasteiger partial charge in [-0.05, 0) is 11.4 Å². The quantitative estimate of drug-likeness (QED) is 0.749. The topological polar surface area (TPSA) is 66.9 Å². The summed E-state index contributed by atoms with van der Waals surface area (Å²) < 4.78 is 4.72. The molecule has 1 aliphatic heterocycles. The standard InChI is InChI=1S/C13H16N2O4S/c1-9(16)15-6-5-14(8-10(15)13(18)19-2)12(17)11-4-3-7-20-11/h3-4,7,10H,5-6,8H2,1-2H3/t10-/m1/s1. The number of hydrogen-bond donors (Lipinski definition) is 0. The first-order valence-corrected chi connectivity index (χ1v) is 7.10. The largest absolute Gasteiger partial charge is 0.467 e. The van der Waals surface area contributed by atoms with Crippen molar-refractivity contribution in [3.8, 4) is 0 Å². The van der Waals surface area contributed by atoms with Crippen LogP contribution in [0.3, 0.4) is 0 Å². The number of carbonyl (C=O) groups excluding carboxylic acids is 3. The Kier molecular flexibility index (Phi) is 4.39. The van der Waals surface area contributed by atoms with Crippen molar-refractivity contribution in [2.24, 2.45) is 0 Å². The summed E-state index contributed by atoms with van der Waals surface area (Å²) in [4.78, 5) is 39.3. The van der Waals surface area contributed by atoms with Crippen LogP contribution < -0.4 is 0 Å². The van der Waals surface area contributed by atoms with Crippen molar-refractivity contribution in [1.29, 1.82) is 0 Å². The number of piperazine rings is 1. The summed E-state index contributed by atoms with van der Waals surface area (Å²) in [5, 5.41) is 1.83. The van der Waals surface area contributed by atoms with Gasteiger partial charge in [-0.1, -0.05) is 6.07 Å². The zero-order valence-electron chi connectivity index (χ0n) is 11.4. The van der Waals surface area contributed by atoms with Gasteiger partial charge in [-0.2, -0.15) is 0 Å². The molecule has 7 heteroatoms. The zero-order chi connectivity index (χ0) is 14.7. The molecule has 1 saturated heterocycles. The highest BCUT2D eigenvalue weighted by Crippen LogP contribution is 2.17. The van der Waals surface area contributed by atoms with Gasteiger partial charge in [0.05, 0.1) is 18.5 Å². The lowest BCUT2D eigenvalue weighted by Gasteiger charge is -2.39. The highest BCUT2D eigenvalue weighted by atomic mass is 32.1. The van der Waals surface area contributed by atoms with E-state index in [9.17, 15) is 14.4 Å². The van der Waals surface area contributed by atoms with Crippen molar-refractivity contribution in [2.45, 2.75) is 13.0 Å². The second kappa shape index (κ2) is 6.04. The van der Waals surface area contributed by atoms with Crippen LogP contribution in [0.15, 0.2) is 17.5 Å². The SMILES string of the molecule is COC(=O)[C@H]1CN(C(=O)c2cccs2)CCN1C(C)=O. The van der Waals surface area contributed by atoms with Crippen LogP contribution in [-0.4, -0.2) is 60.4 Å². The molecule has 0 saturated carbocycles. The molecule has 0 aliphatic carbocycles. The van der Waals surface area contributed by atoms with Gasteiger partial charge >= 0.3 is 5.97 Å². The van der Waals surface area contributed by atoms with E-state index in [0.29, 0.717) is 18.0 Å². The zero-order valence-corrected chi connectivity index (χ0v) is 12.2. The van der Waals surface area contributed by atoms with E-state index in [1.54, 1.807) is 11.0 Å². The maximum Gasteiger partial charge on any atom is 0.330 e. The van der Waals surface area contributed by atoms with Crippen LogP contribution >= 0.6 is 11.3 Å². The molecular formula is C13H16N2O4S. The monoisotopic (exact) mass is 296 g/mol. The predicted molar refractivity (Wildman–Crippen MR) is 73.4 cm³/mol. The van der Waals surface area contributed by atoms with E-state index in [4.69, 9.17) is 4.74 Å². The molecule has 2 rings (SSSR count). The molecule has 1 atom stereocenters. The van der Waals surface area contributed by atoms with Crippen molar-refractivity contribution < 1.29 is 19.1 Å². The number of ether oxygens (including phenoxy) is 1. The third-order valence-electron chi connectivity index (χ3n) is 3.28. The van der Waals surface area contributed by atoms with E-state index in [2.05, 4.69) is 0 Å².